The lowest BCUT2D eigenvalue weighted by atomic mass is 10.3. The summed E-state index contributed by atoms with van der Waals surface area (Å²) in [7, 11) is -8.02. The summed E-state index contributed by atoms with van der Waals surface area (Å²) in [5, 5.41) is 8.52. The van der Waals surface area contributed by atoms with Crippen LogP contribution in [0.1, 0.15) is 5.56 Å². The van der Waals surface area contributed by atoms with Gasteiger partial charge in [-0.05, 0) is 0 Å². The highest BCUT2D eigenvalue weighted by Crippen LogP contribution is 2.31. The van der Waals surface area contributed by atoms with Gasteiger partial charge in [-0.15, -0.1) is 0 Å². The Labute approximate surface area is 98.0 Å². The molecule has 1 aliphatic rings. The van der Waals surface area contributed by atoms with Gasteiger partial charge in [0.1, 0.15) is 5.82 Å². The van der Waals surface area contributed by atoms with E-state index in [0.29, 0.717) is 5.56 Å². The lowest BCUT2D eigenvalue weighted by Gasteiger charge is -2.29. The fourth-order valence-electron chi connectivity index (χ4n) is 1.49. The summed E-state index contributed by atoms with van der Waals surface area (Å²) in [4.78, 5) is 3.64. The Bertz CT molecular complexity index is 653. The van der Waals surface area contributed by atoms with Crippen molar-refractivity contribution in [2.75, 3.05) is 17.8 Å². The zero-order valence-electron chi connectivity index (χ0n) is 9.00. The average Bonchev–Trinajstić information content (AvgIpc) is 2.59. The number of rotatable bonds is 2. The molecular weight excluding hydrogens is 268 g/mol. The van der Waals surface area contributed by atoms with E-state index in [-0.39, 0.29) is 5.82 Å². The van der Waals surface area contributed by atoms with E-state index < -0.39 is 24.0 Å². The Kier molecular flexibility index (Phi) is 2.33. The maximum absolute atomic E-state index is 11.7. The van der Waals surface area contributed by atoms with Gasteiger partial charge in [-0.2, -0.15) is 5.10 Å². The van der Waals surface area contributed by atoms with Crippen LogP contribution in [0.2, 0.25) is 0 Å². The number of nitrogens with zero attached hydrogens (tertiary/aromatic N) is 2. The van der Waals surface area contributed by atoms with Gasteiger partial charge in [0.15, 0.2) is 0 Å². The monoisotopic (exact) mass is 278 g/mol. The summed E-state index contributed by atoms with van der Waals surface area (Å²) in [5.41, 5.74) is 0.493. The molecule has 8 nitrogen and oxygen atoms in total. The number of nitrogens with one attached hydrogen (secondary N) is 2. The number of aliphatic imine (C=N–C) groups is 1. The molecule has 1 aromatic heterocycles. The van der Waals surface area contributed by atoms with Crippen molar-refractivity contribution in [2.24, 2.45) is 4.99 Å². The molecule has 0 aromatic carbocycles. The summed E-state index contributed by atoms with van der Waals surface area (Å²) >= 11 is 0. The van der Waals surface area contributed by atoms with Crippen LogP contribution in [-0.2, 0) is 19.7 Å². The van der Waals surface area contributed by atoms with Crippen LogP contribution in [-0.4, -0.2) is 50.1 Å². The number of fused-ring (bicyclic) bond motifs is 1. The van der Waals surface area contributed by atoms with Gasteiger partial charge in [-0.25, -0.2) is 21.8 Å². The lowest BCUT2D eigenvalue weighted by molar-refractivity contribution is 0.560. The van der Waals surface area contributed by atoms with E-state index in [9.17, 15) is 16.8 Å². The van der Waals surface area contributed by atoms with Crippen LogP contribution < -0.4 is 5.32 Å². The summed E-state index contributed by atoms with van der Waals surface area (Å²) in [6.45, 7) is 0. The normalized spacial score (nSPS) is 18.5. The van der Waals surface area contributed by atoms with E-state index in [1.165, 1.54) is 6.20 Å². The standard InChI is InChI=1S/C7H10N4O4S2/c1-16(12,13)7(17(2,14)15)8-3-5-4-9-11-6(5)10-7/h3-4H,1-2H3,(H2,9,10,11). The van der Waals surface area contributed by atoms with Gasteiger partial charge in [0, 0.05) is 18.7 Å². The molecule has 0 saturated heterocycles. The van der Waals surface area contributed by atoms with Crippen LogP contribution in [0.4, 0.5) is 5.82 Å². The van der Waals surface area contributed by atoms with E-state index in [2.05, 4.69) is 20.5 Å². The first-order chi connectivity index (χ1) is 7.67. The molecule has 94 valence electrons. The molecule has 10 heteroatoms. The molecular formula is C7H10N4O4S2. The van der Waals surface area contributed by atoms with Crippen LogP contribution in [0.3, 0.4) is 0 Å². The van der Waals surface area contributed by atoms with Crippen LogP contribution in [0.5, 0.6) is 0 Å². The first-order valence-corrected chi connectivity index (χ1v) is 8.22. The topological polar surface area (TPSA) is 121 Å². The highest BCUT2D eigenvalue weighted by atomic mass is 32.3. The molecule has 0 bridgehead atoms. The van der Waals surface area contributed by atoms with Crippen molar-refractivity contribution in [2.45, 2.75) is 4.33 Å². The second-order valence-corrected chi connectivity index (χ2v) is 8.24. The summed E-state index contributed by atoms with van der Waals surface area (Å²) < 4.78 is 44.4. The van der Waals surface area contributed by atoms with Crippen LogP contribution >= 0.6 is 0 Å². The van der Waals surface area contributed by atoms with Gasteiger partial charge >= 0.3 is 4.33 Å². The molecule has 0 amide bonds. The molecule has 0 fully saturated rings. The number of hydrogen-bond donors (Lipinski definition) is 2. The maximum Gasteiger partial charge on any atom is 0.336 e. The lowest BCUT2D eigenvalue weighted by Crippen LogP contribution is -2.52. The van der Waals surface area contributed by atoms with Crippen molar-refractivity contribution in [3.05, 3.63) is 11.8 Å². The molecule has 1 aliphatic heterocycles. The van der Waals surface area contributed by atoms with Gasteiger partial charge < -0.3 is 5.32 Å². The summed E-state index contributed by atoms with van der Waals surface area (Å²) in [6.07, 6.45) is 4.18. The number of H-pyrrole nitrogens is 1. The predicted molar refractivity (Wildman–Crippen MR) is 62.2 cm³/mol. The largest absolute Gasteiger partial charge is 0.336 e. The van der Waals surface area contributed by atoms with Crippen LogP contribution in [0.25, 0.3) is 0 Å². The van der Waals surface area contributed by atoms with E-state index >= 15 is 0 Å². The van der Waals surface area contributed by atoms with Gasteiger partial charge in [0.2, 0.25) is 19.7 Å². The minimum absolute atomic E-state index is 0.204. The maximum atomic E-state index is 11.7. The summed E-state index contributed by atoms with van der Waals surface area (Å²) in [5.74, 6) is 0.204. The van der Waals surface area contributed by atoms with Crippen molar-refractivity contribution < 1.29 is 16.8 Å². The average molecular weight is 278 g/mol. The number of hydrogen-bond acceptors (Lipinski definition) is 7. The van der Waals surface area contributed by atoms with Crippen molar-refractivity contribution in [1.82, 2.24) is 10.2 Å². The third-order valence-electron chi connectivity index (χ3n) is 2.33. The molecule has 0 atom stereocenters. The molecule has 2 N–H and O–H groups in total. The summed E-state index contributed by atoms with van der Waals surface area (Å²) in [6, 6.07) is 0. The second-order valence-electron chi connectivity index (χ2n) is 3.71. The van der Waals surface area contributed by atoms with E-state index in [1.54, 1.807) is 0 Å². The van der Waals surface area contributed by atoms with Gasteiger partial charge in [-0.1, -0.05) is 0 Å². The Morgan fingerprint density at radius 2 is 1.76 bits per heavy atom. The quantitative estimate of drug-likeness (QED) is 0.712. The molecule has 0 unspecified atom stereocenters. The zero-order chi connectivity index (χ0) is 12.9. The fraction of sp³-hybridized carbons (Fsp3) is 0.429. The molecule has 0 spiro atoms. The first-order valence-electron chi connectivity index (χ1n) is 4.43. The van der Waals surface area contributed by atoms with Crippen LogP contribution in [0, 0.1) is 0 Å². The molecule has 2 heterocycles. The van der Waals surface area contributed by atoms with Crippen molar-refractivity contribution in [3.63, 3.8) is 0 Å². The number of sulfone groups is 2. The smallest absolute Gasteiger partial charge is 0.320 e. The molecule has 0 saturated carbocycles. The number of aromatic nitrogens is 2. The van der Waals surface area contributed by atoms with Crippen molar-refractivity contribution >= 4 is 31.7 Å². The number of aromatic amines is 1. The van der Waals surface area contributed by atoms with E-state index in [1.807, 2.05) is 0 Å². The first kappa shape index (κ1) is 12.0. The second kappa shape index (κ2) is 3.29. The molecule has 1 aromatic rings. The van der Waals surface area contributed by atoms with E-state index in [0.717, 1.165) is 18.7 Å². The van der Waals surface area contributed by atoms with Gasteiger partial charge in [-0.3, -0.25) is 5.10 Å². The van der Waals surface area contributed by atoms with Crippen molar-refractivity contribution in [3.8, 4) is 0 Å². The highest BCUT2D eigenvalue weighted by molar-refractivity contribution is 8.09. The van der Waals surface area contributed by atoms with Gasteiger partial charge in [0.05, 0.1) is 11.8 Å². The van der Waals surface area contributed by atoms with Gasteiger partial charge in [0.25, 0.3) is 0 Å². The predicted octanol–water partition coefficient (Wildman–Crippen LogP) is -1.05. The van der Waals surface area contributed by atoms with Crippen molar-refractivity contribution in [1.29, 1.82) is 0 Å². The Morgan fingerprint density at radius 3 is 2.29 bits per heavy atom. The Balaban J connectivity index is 2.71. The van der Waals surface area contributed by atoms with Crippen LogP contribution in [0.15, 0.2) is 11.2 Å². The minimum atomic E-state index is -4.01. The third kappa shape index (κ3) is 1.63. The third-order valence-corrected chi connectivity index (χ3v) is 6.57. The SMILES string of the molecule is CS(=O)(=O)C1(S(C)(=O)=O)N=Cc2cn[nH]c2N1. The molecule has 0 radical (unpaired) electrons. The minimum Gasteiger partial charge on any atom is -0.320 e. The highest BCUT2D eigenvalue weighted by Gasteiger charge is 2.52. The molecule has 0 aliphatic carbocycles. The zero-order valence-corrected chi connectivity index (χ0v) is 10.6. The number of anilines is 1. The Hall–Kier alpha value is -1.42. The fourth-order valence-corrected chi connectivity index (χ4v) is 4.75. The molecule has 17 heavy (non-hydrogen) atoms. The Morgan fingerprint density at radius 1 is 1.18 bits per heavy atom. The van der Waals surface area contributed by atoms with E-state index in [4.69, 9.17) is 0 Å². The molecule has 2 rings (SSSR count).